The lowest BCUT2D eigenvalue weighted by molar-refractivity contribution is 0.414. The maximum atomic E-state index is 6.23. The van der Waals surface area contributed by atoms with Gasteiger partial charge in [-0.25, -0.2) is 0 Å². The first kappa shape index (κ1) is 14.0. The Kier molecular flexibility index (Phi) is 4.87. The number of rotatable bonds is 6. The number of nitrogens with two attached hydrogens (primary N) is 1. The second-order valence-electron chi connectivity index (χ2n) is 4.43. The van der Waals surface area contributed by atoms with Crippen LogP contribution >= 0.6 is 11.5 Å². The van der Waals surface area contributed by atoms with Gasteiger partial charge >= 0.3 is 0 Å². The van der Waals surface area contributed by atoms with Gasteiger partial charge in [-0.05, 0) is 48.5 Å². The van der Waals surface area contributed by atoms with Crippen molar-refractivity contribution in [1.82, 2.24) is 9.59 Å². The second kappa shape index (κ2) is 6.63. The summed E-state index contributed by atoms with van der Waals surface area (Å²) < 4.78 is 9.13. The molecule has 0 bridgehead atoms. The van der Waals surface area contributed by atoms with E-state index in [1.807, 2.05) is 12.1 Å². The average Bonchev–Trinajstić information content (AvgIpc) is 2.93. The van der Waals surface area contributed by atoms with Gasteiger partial charge in [-0.3, -0.25) is 0 Å². The van der Waals surface area contributed by atoms with E-state index in [0.717, 1.165) is 35.6 Å². The van der Waals surface area contributed by atoms with Crippen LogP contribution < -0.4 is 10.5 Å². The van der Waals surface area contributed by atoms with E-state index in [2.05, 4.69) is 28.6 Å². The summed E-state index contributed by atoms with van der Waals surface area (Å²) in [4.78, 5) is 1.12. The van der Waals surface area contributed by atoms with E-state index in [9.17, 15) is 0 Å². The van der Waals surface area contributed by atoms with Crippen molar-refractivity contribution in [2.75, 3.05) is 7.11 Å². The average molecular weight is 277 g/mol. The number of methoxy groups -OCH3 is 1. The van der Waals surface area contributed by atoms with Crippen LogP contribution in [0.3, 0.4) is 0 Å². The summed E-state index contributed by atoms with van der Waals surface area (Å²) in [5.41, 5.74) is 8.53. The van der Waals surface area contributed by atoms with Crippen LogP contribution in [-0.2, 0) is 12.8 Å². The van der Waals surface area contributed by atoms with Crippen LogP contribution in [0.5, 0.6) is 5.75 Å². The molecule has 2 aromatic rings. The van der Waals surface area contributed by atoms with Gasteiger partial charge in [-0.1, -0.05) is 23.5 Å². The number of benzene rings is 1. The molecule has 0 amide bonds. The van der Waals surface area contributed by atoms with Gasteiger partial charge in [0.25, 0.3) is 0 Å². The zero-order valence-corrected chi connectivity index (χ0v) is 12.1. The smallest absolute Gasteiger partial charge is 0.118 e. The molecule has 5 heteroatoms. The molecule has 19 heavy (non-hydrogen) atoms. The molecule has 0 aliphatic carbocycles. The minimum absolute atomic E-state index is 0.0250. The van der Waals surface area contributed by atoms with Crippen molar-refractivity contribution < 1.29 is 4.74 Å². The first-order valence-electron chi connectivity index (χ1n) is 6.44. The van der Waals surface area contributed by atoms with E-state index >= 15 is 0 Å². The van der Waals surface area contributed by atoms with Crippen molar-refractivity contribution in [1.29, 1.82) is 0 Å². The lowest BCUT2D eigenvalue weighted by atomic mass is 10.0. The Balaban J connectivity index is 1.94. The standard InChI is InChI=1S/C14H19N3OS/c1-3-13-14(19-17-16-13)12(15)9-6-10-4-7-11(18-2)8-5-10/h4-5,7-8,12H,3,6,9,15H2,1-2H3. The minimum atomic E-state index is 0.0250. The summed E-state index contributed by atoms with van der Waals surface area (Å²) in [6.45, 7) is 2.08. The quantitative estimate of drug-likeness (QED) is 0.882. The molecule has 0 saturated heterocycles. The number of ether oxygens (including phenoxy) is 1. The molecule has 0 aliphatic heterocycles. The maximum absolute atomic E-state index is 6.23. The molecule has 2 rings (SSSR count). The van der Waals surface area contributed by atoms with Gasteiger partial charge in [0.2, 0.25) is 0 Å². The zero-order valence-electron chi connectivity index (χ0n) is 11.3. The van der Waals surface area contributed by atoms with Crippen LogP contribution in [0.4, 0.5) is 0 Å². The predicted molar refractivity (Wildman–Crippen MR) is 77.5 cm³/mol. The third kappa shape index (κ3) is 3.52. The normalized spacial score (nSPS) is 12.4. The van der Waals surface area contributed by atoms with Crippen molar-refractivity contribution in [2.24, 2.45) is 5.73 Å². The van der Waals surface area contributed by atoms with Gasteiger partial charge in [-0.15, -0.1) is 5.10 Å². The molecule has 102 valence electrons. The molecule has 0 aliphatic rings. The van der Waals surface area contributed by atoms with E-state index in [1.54, 1.807) is 7.11 Å². The fourth-order valence-corrected chi connectivity index (χ4v) is 2.76. The molecule has 0 radical (unpaired) electrons. The fraction of sp³-hybridized carbons (Fsp3) is 0.429. The maximum Gasteiger partial charge on any atom is 0.118 e. The van der Waals surface area contributed by atoms with Crippen molar-refractivity contribution in [3.05, 3.63) is 40.4 Å². The molecule has 2 N–H and O–H groups in total. The monoisotopic (exact) mass is 277 g/mol. The van der Waals surface area contributed by atoms with Gasteiger partial charge in [0, 0.05) is 6.04 Å². The van der Waals surface area contributed by atoms with E-state index < -0.39 is 0 Å². The molecule has 0 fully saturated rings. The summed E-state index contributed by atoms with van der Waals surface area (Å²) in [6, 6.07) is 8.14. The van der Waals surface area contributed by atoms with Gasteiger partial charge in [0.1, 0.15) is 5.75 Å². The van der Waals surface area contributed by atoms with Crippen LogP contribution in [0.1, 0.15) is 35.5 Å². The van der Waals surface area contributed by atoms with Crippen LogP contribution in [0, 0.1) is 0 Å². The predicted octanol–water partition coefficient (Wildman–Crippen LogP) is 2.74. The molecule has 0 spiro atoms. The van der Waals surface area contributed by atoms with Crippen LogP contribution in [0.2, 0.25) is 0 Å². The summed E-state index contributed by atoms with van der Waals surface area (Å²) in [7, 11) is 1.67. The largest absolute Gasteiger partial charge is 0.497 e. The lowest BCUT2D eigenvalue weighted by Gasteiger charge is -2.10. The fourth-order valence-electron chi connectivity index (χ4n) is 1.99. The second-order valence-corrected chi connectivity index (χ2v) is 5.22. The van der Waals surface area contributed by atoms with Gasteiger partial charge in [0.05, 0.1) is 17.7 Å². The van der Waals surface area contributed by atoms with Crippen LogP contribution in [0.15, 0.2) is 24.3 Å². The minimum Gasteiger partial charge on any atom is -0.497 e. The number of hydrogen-bond acceptors (Lipinski definition) is 5. The molecule has 1 atom stereocenters. The Hall–Kier alpha value is -1.46. The Morgan fingerprint density at radius 3 is 2.68 bits per heavy atom. The van der Waals surface area contributed by atoms with Crippen LogP contribution in [0.25, 0.3) is 0 Å². The van der Waals surface area contributed by atoms with Crippen molar-refractivity contribution in [3.63, 3.8) is 0 Å². The lowest BCUT2D eigenvalue weighted by Crippen LogP contribution is -2.11. The van der Waals surface area contributed by atoms with Crippen LogP contribution in [-0.4, -0.2) is 16.7 Å². The highest BCUT2D eigenvalue weighted by atomic mass is 32.1. The summed E-state index contributed by atoms with van der Waals surface area (Å²) in [6.07, 6.45) is 2.75. The summed E-state index contributed by atoms with van der Waals surface area (Å²) in [5, 5.41) is 4.11. The third-order valence-corrected chi connectivity index (χ3v) is 4.06. The first-order valence-corrected chi connectivity index (χ1v) is 7.21. The molecule has 4 nitrogen and oxygen atoms in total. The van der Waals surface area contributed by atoms with E-state index in [4.69, 9.17) is 10.5 Å². The van der Waals surface area contributed by atoms with Crippen molar-refractivity contribution in [3.8, 4) is 5.75 Å². The Morgan fingerprint density at radius 2 is 2.05 bits per heavy atom. The van der Waals surface area contributed by atoms with Gasteiger partial charge < -0.3 is 10.5 Å². The SMILES string of the molecule is CCc1nnsc1C(N)CCc1ccc(OC)cc1. The summed E-state index contributed by atoms with van der Waals surface area (Å²) in [5.74, 6) is 0.882. The van der Waals surface area contributed by atoms with E-state index in [1.165, 1.54) is 17.1 Å². The Morgan fingerprint density at radius 1 is 1.32 bits per heavy atom. The molecule has 1 heterocycles. The topological polar surface area (TPSA) is 61.0 Å². The zero-order chi connectivity index (χ0) is 13.7. The van der Waals surface area contributed by atoms with Crippen molar-refractivity contribution >= 4 is 11.5 Å². The molecule has 1 aromatic heterocycles. The third-order valence-electron chi connectivity index (χ3n) is 3.16. The van der Waals surface area contributed by atoms with Crippen molar-refractivity contribution in [2.45, 2.75) is 32.2 Å². The molecular weight excluding hydrogens is 258 g/mol. The molecule has 1 unspecified atom stereocenters. The number of hydrogen-bond donors (Lipinski definition) is 1. The highest BCUT2D eigenvalue weighted by molar-refractivity contribution is 7.05. The molecule has 1 aromatic carbocycles. The highest BCUT2D eigenvalue weighted by Crippen LogP contribution is 2.23. The molecule has 0 saturated carbocycles. The molecular formula is C14H19N3OS. The summed E-state index contributed by atoms with van der Waals surface area (Å²) >= 11 is 1.42. The number of aromatic nitrogens is 2. The highest BCUT2D eigenvalue weighted by Gasteiger charge is 2.14. The number of nitrogens with zero attached hydrogens (tertiary/aromatic N) is 2. The van der Waals surface area contributed by atoms with Gasteiger partial charge in [-0.2, -0.15) is 0 Å². The van der Waals surface area contributed by atoms with E-state index in [0.29, 0.717) is 0 Å². The number of aryl methyl sites for hydroxylation is 2. The Labute approximate surface area is 117 Å². The van der Waals surface area contributed by atoms with E-state index in [-0.39, 0.29) is 6.04 Å². The Bertz CT molecular complexity index is 510. The first-order chi connectivity index (χ1) is 9.24. The van der Waals surface area contributed by atoms with Gasteiger partial charge in [0.15, 0.2) is 0 Å².